The molecule has 1 aromatic heterocycles. The Morgan fingerprint density at radius 3 is 2.77 bits per heavy atom. The van der Waals surface area contributed by atoms with Gasteiger partial charge in [-0.3, -0.25) is 19.5 Å². The second-order valence-corrected chi connectivity index (χ2v) is 6.44. The van der Waals surface area contributed by atoms with E-state index in [9.17, 15) is 9.59 Å². The van der Waals surface area contributed by atoms with Crippen LogP contribution < -0.4 is 10.1 Å². The van der Waals surface area contributed by atoms with Gasteiger partial charge in [0.2, 0.25) is 0 Å². The van der Waals surface area contributed by atoms with Crippen LogP contribution in [-0.4, -0.2) is 59.4 Å². The normalized spacial score (nSPS) is 17.2. The summed E-state index contributed by atoms with van der Waals surface area (Å²) >= 11 is 0. The van der Waals surface area contributed by atoms with Crippen LogP contribution in [0.4, 0.5) is 5.69 Å². The molecule has 0 radical (unpaired) electrons. The highest BCUT2D eigenvalue weighted by Gasteiger charge is 2.24. The van der Waals surface area contributed by atoms with Gasteiger partial charge >= 0.3 is 0 Å². The Balaban J connectivity index is 1.37. The van der Waals surface area contributed by atoms with Gasteiger partial charge in [0.1, 0.15) is 5.75 Å². The fraction of sp³-hybridized carbons (Fsp3) is 0.316. The van der Waals surface area contributed by atoms with Crippen molar-refractivity contribution in [2.75, 3.05) is 38.1 Å². The molecule has 2 aliphatic rings. The predicted octanol–water partition coefficient (Wildman–Crippen LogP) is 1.37. The van der Waals surface area contributed by atoms with Gasteiger partial charge in [0.05, 0.1) is 11.4 Å². The number of anilines is 1. The number of nitrogens with one attached hydrogen (secondary N) is 1. The molecule has 3 heterocycles. The van der Waals surface area contributed by atoms with E-state index in [1.54, 1.807) is 24.4 Å². The van der Waals surface area contributed by atoms with Crippen LogP contribution in [0.5, 0.6) is 5.75 Å². The van der Waals surface area contributed by atoms with Crippen molar-refractivity contribution in [2.45, 2.75) is 6.54 Å². The summed E-state index contributed by atoms with van der Waals surface area (Å²) in [4.78, 5) is 32.6. The minimum Gasteiger partial charge on any atom is -0.482 e. The van der Waals surface area contributed by atoms with E-state index >= 15 is 0 Å². The molecule has 4 rings (SSSR count). The van der Waals surface area contributed by atoms with Gasteiger partial charge < -0.3 is 15.0 Å². The van der Waals surface area contributed by atoms with Crippen molar-refractivity contribution in [1.29, 1.82) is 0 Å². The minimum absolute atomic E-state index is 0.00853. The van der Waals surface area contributed by atoms with Crippen LogP contribution >= 0.6 is 0 Å². The average molecular weight is 352 g/mol. The molecule has 1 saturated heterocycles. The lowest BCUT2D eigenvalue weighted by Gasteiger charge is -2.34. The summed E-state index contributed by atoms with van der Waals surface area (Å²) < 4.78 is 5.40. The number of hydrogen-bond donors (Lipinski definition) is 1. The predicted molar refractivity (Wildman–Crippen MR) is 96.0 cm³/mol. The first kappa shape index (κ1) is 16.5. The van der Waals surface area contributed by atoms with E-state index in [2.05, 4.69) is 15.2 Å². The molecule has 0 unspecified atom stereocenters. The number of hydrogen-bond acceptors (Lipinski definition) is 5. The number of nitrogens with zero attached hydrogens (tertiary/aromatic N) is 3. The van der Waals surface area contributed by atoms with Gasteiger partial charge in [-0.15, -0.1) is 0 Å². The molecule has 0 aliphatic carbocycles. The molecule has 7 heteroatoms. The molecule has 1 aromatic carbocycles. The van der Waals surface area contributed by atoms with Crippen molar-refractivity contribution < 1.29 is 14.3 Å². The number of amides is 2. The third-order valence-electron chi connectivity index (χ3n) is 4.63. The molecule has 2 aliphatic heterocycles. The molecule has 1 fully saturated rings. The van der Waals surface area contributed by atoms with Crippen LogP contribution in [0.3, 0.4) is 0 Å². The molecule has 2 amide bonds. The largest absolute Gasteiger partial charge is 0.482 e. The number of carbonyl (C=O) groups excluding carboxylic acids is 2. The molecule has 0 saturated carbocycles. The lowest BCUT2D eigenvalue weighted by atomic mass is 10.1. The second kappa shape index (κ2) is 7.13. The molecule has 134 valence electrons. The van der Waals surface area contributed by atoms with Crippen molar-refractivity contribution >= 4 is 17.5 Å². The van der Waals surface area contributed by atoms with Crippen LogP contribution in [0.15, 0.2) is 42.6 Å². The summed E-state index contributed by atoms with van der Waals surface area (Å²) in [6.45, 7) is 3.78. The monoisotopic (exact) mass is 352 g/mol. The average Bonchev–Trinajstić information content (AvgIpc) is 2.68. The van der Waals surface area contributed by atoms with Gasteiger partial charge in [-0.25, -0.2) is 0 Å². The summed E-state index contributed by atoms with van der Waals surface area (Å²) in [5, 5.41) is 2.73. The van der Waals surface area contributed by atoms with Crippen molar-refractivity contribution in [2.24, 2.45) is 0 Å². The van der Waals surface area contributed by atoms with E-state index in [0.717, 1.165) is 25.3 Å². The Morgan fingerprint density at radius 1 is 1.15 bits per heavy atom. The number of rotatable bonds is 3. The molecule has 2 aromatic rings. The van der Waals surface area contributed by atoms with Gasteiger partial charge in [-0.1, -0.05) is 6.07 Å². The number of carbonyl (C=O) groups is 2. The van der Waals surface area contributed by atoms with Gasteiger partial charge in [-0.05, 0) is 30.3 Å². The fourth-order valence-corrected chi connectivity index (χ4v) is 3.22. The van der Waals surface area contributed by atoms with Gasteiger partial charge in [0.15, 0.2) is 6.61 Å². The van der Waals surface area contributed by atoms with Crippen LogP contribution in [0.2, 0.25) is 0 Å². The number of benzene rings is 1. The molecular weight excluding hydrogens is 332 g/mol. The van der Waals surface area contributed by atoms with Crippen LogP contribution in [-0.2, 0) is 11.3 Å². The molecule has 7 nitrogen and oxygen atoms in total. The topological polar surface area (TPSA) is 74.8 Å². The first-order chi connectivity index (χ1) is 12.7. The van der Waals surface area contributed by atoms with Gasteiger partial charge in [-0.2, -0.15) is 0 Å². The number of aromatic nitrogens is 1. The molecule has 0 atom stereocenters. The fourth-order valence-electron chi connectivity index (χ4n) is 3.22. The first-order valence-corrected chi connectivity index (χ1v) is 8.67. The summed E-state index contributed by atoms with van der Waals surface area (Å²) in [7, 11) is 0. The number of piperazine rings is 1. The highest BCUT2D eigenvalue weighted by molar-refractivity contribution is 5.99. The van der Waals surface area contributed by atoms with Crippen LogP contribution in [0.25, 0.3) is 0 Å². The van der Waals surface area contributed by atoms with Crippen molar-refractivity contribution in [3.8, 4) is 5.75 Å². The zero-order valence-electron chi connectivity index (χ0n) is 14.4. The standard InChI is InChI=1S/C19H20N4O3/c24-18-13-26-17-11-14(4-5-16(17)21-18)19(25)23-9-7-22(8-10-23)12-15-3-1-2-6-20-15/h1-6,11H,7-10,12-13H2,(H,21,24). The van der Waals surface area contributed by atoms with Gasteiger partial charge in [0, 0.05) is 44.5 Å². The van der Waals surface area contributed by atoms with Crippen molar-refractivity contribution in [1.82, 2.24) is 14.8 Å². The van der Waals surface area contributed by atoms with E-state index in [1.165, 1.54) is 0 Å². The highest BCUT2D eigenvalue weighted by Crippen LogP contribution is 2.29. The lowest BCUT2D eigenvalue weighted by molar-refractivity contribution is -0.118. The van der Waals surface area contributed by atoms with Crippen LogP contribution in [0, 0.1) is 0 Å². The van der Waals surface area contributed by atoms with E-state index in [1.807, 2.05) is 23.1 Å². The maximum absolute atomic E-state index is 12.8. The molecule has 0 bridgehead atoms. The highest BCUT2D eigenvalue weighted by atomic mass is 16.5. The van der Waals surface area contributed by atoms with E-state index < -0.39 is 0 Å². The zero-order valence-corrected chi connectivity index (χ0v) is 14.4. The maximum Gasteiger partial charge on any atom is 0.262 e. The maximum atomic E-state index is 12.8. The zero-order chi connectivity index (χ0) is 17.9. The number of pyridine rings is 1. The van der Waals surface area contributed by atoms with Crippen molar-refractivity contribution in [3.63, 3.8) is 0 Å². The van der Waals surface area contributed by atoms with Gasteiger partial charge in [0.25, 0.3) is 11.8 Å². The summed E-state index contributed by atoms with van der Waals surface area (Å²) in [5.41, 5.74) is 2.23. The number of fused-ring (bicyclic) bond motifs is 1. The Kier molecular flexibility index (Phi) is 4.53. The third kappa shape index (κ3) is 3.52. The lowest BCUT2D eigenvalue weighted by Crippen LogP contribution is -2.48. The Hall–Kier alpha value is -2.93. The van der Waals surface area contributed by atoms with E-state index in [0.29, 0.717) is 30.1 Å². The number of ether oxygens (including phenoxy) is 1. The summed E-state index contributed by atoms with van der Waals surface area (Å²) in [5.74, 6) is 0.357. The third-order valence-corrected chi connectivity index (χ3v) is 4.63. The SMILES string of the molecule is O=C1COc2cc(C(=O)N3CCN(Cc4ccccn4)CC3)ccc2N1. The van der Waals surface area contributed by atoms with E-state index in [-0.39, 0.29) is 18.4 Å². The summed E-state index contributed by atoms with van der Waals surface area (Å²) in [6, 6.07) is 11.1. The molecule has 1 N–H and O–H groups in total. The smallest absolute Gasteiger partial charge is 0.262 e. The van der Waals surface area contributed by atoms with Crippen LogP contribution in [0.1, 0.15) is 16.1 Å². The molecule has 0 spiro atoms. The Labute approximate surface area is 151 Å². The Bertz CT molecular complexity index is 817. The molecular formula is C19H20N4O3. The quantitative estimate of drug-likeness (QED) is 0.903. The minimum atomic E-state index is -0.180. The summed E-state index contributed by atoms with van der Waals surface area (Å²) in [6.07, 6.45) is 1.80. The van der Waals surface area contributed by atoms with E-state index in [4.69, 9.17) is 4.74 Å². The Morgan fingerprint density at radius 2 is 2.00 bits per heavy atom. The first-order valence-electron chi connectivity index (χ1n) is 8.67. The molecule has 26 heavy (non-hydrogen) atoms. The van der Waals surface area contributed by atoms with Crippen molar-refractivity contribution in [3.05, 3.63) is 53.9 Å². The second-order valence-electron chi connectivity index (χ2n) is 6.44.